The Morgan fingerprint density at radius 2 is 2.14 bits per heavy atom. The minimum Gasteiger partial charge on any atom is -0.409 e. The van der Waals surface area contributed by atoms with Crippen molar-refractivity contribution in [2.75, 3.05) is 5.32 Å². The first-order chi connectivity index (χ1) is 10.0. The predicted octanol–water partition coefficient (Wildman–Crippen LogP) is 2.50. The molecule has 0 aliphatic carbocycles. The molecular weight excluding hydrogens is 336 g/mol. The number of hydrogen-bond acceptors (Lipinski definition) is 4. The second kappa shape index (κ2) is 6.36. The molecule has 0 atom stereocenters. The maximum atomic E-state index is 12.2. The lowest BCUT2D eigenvalue weighted by molar-refractivity contribution is 0.102. The number of pyridine rings is 1. The average molecular weight is 349 g/mol. The van der Waals surface area contributed by atoms with Gasteiger partial charge in [-0.05, 0) is 36.8 Å². The fourth-order valence-electron chi connectivity index (χ4n) is 1.76. The molecule has 0 saturated heterocycles. The average Bonchev–Trinajstić information content (AvgIpc) is 2.48. The Kier molecular flexibility index (Phi) is 4.54. The van der Waals surface area contributed by atoms with Gasteiger partial charge in [-0.3, -0.25) is 9.78 Å². The number of anilines is 1. The maximum Gasteiger partial charge on any atom is 0.257 e. The van der Waals surface area contributed by atoms with Crippen LogP contribution in [0.3, 0.4) is 0 Å². The highest BCUT2D eigenvalue weighted by atomic mass is 79.9. The van der Waals surface area contributed by atoms with Crippen molar-refractivity contribution in [3.05, 3.63) is 57.8 Å². The predicted molar refractivity (Wildman–Crippen MR) is 83.6 cm³/mol. The van der Waals surface area contributed by atoms with E-state index >= 15 is 0 Å². The fourth-order valence-corrected chi connectivity index (χ4v) is 2.13. The molecule has 1 aromatic heterocycles. The van der Waals surface area contributed by atoms with Gasteiger partial charge in [0.25, 0.3) is 5.91 Å². The Balaban J connectivity index is 2.33. The highest BCUT2D eigenvalue weighted by molar-refractivity contribution is 9.10. The number of amidine groups is 1. The van der Waals surface area contributed by atoms with E-state index in [0.29, 0.717) is 16.8 Å². The van der Waals surface area contributed by atoms with Crippen molar-refractivity contribution in [2.24, 2.45) is 10.9 Å². The van der Waals surface area contributed by atoms with Crippen LogP contribution in [0.5, 0.6) is 0 Å². The second-order valence-corrected chi connectivity index (χ2v) is 5.30. The van der Waals surface area contributed by atoms with Gasteiger partial charge in [-0.15, -0.1) is 0 Å². The van der Waals surface area contributed by atoms with Gasteiger partial charge in [0.15, 0.2) is 5.84 Å². The number of aromatic nitrogens is 1. The molecule has 7 heteroatoms. The number of halogens is 1. The molecule has 0 unspecified atom stereocenters. The van der Waals surface area contributed by atoms with Crippen LogP contribution in [-0.4, -0.2) is 21.9 Å². The minimum atomic E-state index is -0.319. The van der Waals surface area contributed by atoms with Crippen LogP contribution in [0, 0.1) is 6.92 Å². The molecular formula is C14H13BrN4O2. The van der Waals surface area contributed by atoms with Crippen molar-refractivity contribution in [3.8, 4) is 0 Å². The van der Waals surface area contributed by atoms with Gasteiger partial charge < -0.3 is 16.3 Å². The van der Waals surface area contributed by atoms with Crippen molar-refractivity contribution in [3.63, 3.8) is 0 Å². The third-order valence-electron chi connectivity index (χ3n) is 2.75. The van der Waals surface area contributed by atoms with Crippen molar-refractivity contribution < 1.29 is 10.0 Å². The van der Waals surface area contributed by atoms with Gasteiger partial charge in [-0.2, -0.15) is 0 Å². The first-order valence-corrected chi connectivity index (χ1v) is 6.81. The molecule has 0 fully saturated rings. The number of amides is 1. The van der Waals surface area contributed by atoms with E-state index in [1.807, 2.05) is 6.92 Å². The Hall–Kier alpha value is -2.41. The van der Waals surface area contributed by atoms with Crippen LogP contribution in [-0.2, 0) is 0 Å². The topological polar surface area (TPSA) is 101 Å². The number of carbonyl (C=O) groups excluding carboxylic acids is 1. The molecule has 0 radical (unpaired) electrons. The summed E-state index contributed by atoms with van der Waals surface area (Å²) >= 11 is 3.30. The van der Waals surface area contributed by atoms with Gasteiger partial charge in [0.05, 0.1) is 11.3 Å². The van der Waals surface area contributed by atoms with E-state index in [1.165, 1.54) is 6.20 Å². The van der Waals surface area contributed by atoms with E-state index in [1.54, 1.807) is 30.5 Å². The summed E-state index contributed by atoms with van der Waals surface area (Å²) in [7, 11) is 0. The summed E-state index contributed by atoms with van der Waals surface area (Å²) < 4.78 is 0.749. The maximum absolute atomic E-state index is 12.2. The molecule has 21 heavy (non-hydrogen) atoms. The fraction of sp³-hybridized carbons (Fsp3) is 0.0714. The van der Waals surface area contributed by atoms with E-state index in [9.17, 15) is 4.79 Å². The van der Waals surface area contributed by atoms with Crippen molar-refractivity contribution in [2.45, 2.75) is 6.92 Å². The lowest BCUT2D eigenvalue weighted by Gasteiger charge is -2.11. The molecule has 0 aliphatic heterocycles. The van der Waals surface area contributed by atoms with Gasteiger partial charge in [0.1, 0.15) is 0 Å². The van der Waals surface area contributed by atoms with E-state index in [0.717, 1.165) is 10.0 Å². The number of carbonyl (C=O) groups is 1. The molecule has 1 aromatic carbocycles. The van der Waals surface area contributed by atoms with Gasteiger partial charge in [0, 0.05) is 22.4 Å². The number of nitrogens with zero attached hydrogens (tertiary/aromatic N) is 2. The zero-order valence-corrected chi connectivity index (χ0v) is 12.8. The quantitative estimate of drug-likeness (QED) is 0.343. The van der Waals surface area contributed by atoms with Crippen molar-refractivity contribution in [1.29, 1.82) is 0 Å². The van der Waals surface area contributed by atoms with Crippen LogP contribution in [0.1, 0.15) is 21.5 Å². The van der Waals surface area contributed by atoms with E-state index in [-0.39, 0.29) is 11.7 Å². The highest BCUT2D eigenvalue weighted by Gasteiger charge is 2.12. The molecule has 0 saturated carbocycles. The van der Waals surface area contributed by atoms with E-state index in [4.69, 9.17) is 10.9 Å². The van der Waals surface area contributed by atoms with Crippen LogP contribution in [0.4, 0.5) is 5.69 Å². The Morgan fingerprint density at radius 1 is 1.38 bits per heavy atom. The van der Waals surface area contributed by atoms with E-state index in [2.05, 4.69) is 31.4 Å². The van der Waals surface area contributed by atoms with Crippen LogP contribution < -0.4 is 11.1 Å². The third-order valence-corrected chi connectivity index (χ3v) is 3.24. The summed E-state index contributed by atoms with van der Waals surface area (Å²) in [6.45, 7) is 1.85. The summed E-state index contributed by atoms with van der Waals surface area (Å²) in [5.74, 6) is -0.408. The zero-order valence-electron chi connectivity index (χ0n) is 11.2. The highest BCUT2D eigenvalue weighted by Crippen LogP contribution is 2.21. The van der Waals surface area contributed by atoms with Crippen LogP contribution in [0.15, 0.2) is 46.3 Å². The lowest BCUT2D eigenvalue weighted by atomic mass is 10.1. The van der Waals surface area contributed by atoms with Crippen LogP contribution >= 0.6 is 15.9 Å². The minimum absolute atomic E-state index is 0.0889. The lowest BCUT2D eigenvalue weighted by Crippen LogP contribution is -2.19. The Morgan fingerprint density at radius 3 is 2.81 bits per heavy atom. The molecule has 1 amide bonds. The van der Waals surface area contributed by atoms with E-state index < -0.39 is 0 Å². The number of aryl methyl sites for hydroxylation is 1. The smallest absolute Gasteiger partial charge is 0.257 e. The summed E-state index contributed by atoms with van der Waals surface area (Å²) in [5.41, 5.74) is 7.80. The summed E-state index contributed by atoms with van der Waals surface area (Å²) in [6.07, 6.45) is 3.14. The largest absolute Gasteiger partial charge is 0.409 e. The monoisotopic (exact) mass is 348 g/mol. The SMILES string of the molecule is Cc1cncc(C(=O)Nc2ccc(Br)cc2/C(N)=N/O)c1. The number of nitrogens with one attached hydrogen (secondary N) is 1. The summed E-state index contributed by atoms with van der Waals surface area (Å²) in [5, 5.41) is 14.5. The number of nitrogens with two attached hydrogens (primary N) is 1. The van der Waals surface area contributed by atoms with Gasteiger partial charge in [0.2, 0.25) is 0 Å². The normalized spacial score (nSPS) is 11.2. The molecule has 0 aliphatic rings. The first-order valence-electron chi connectivity index (χ1n) is 6.01. The first kappa shape index (κ1) is 15.0. The standard InChI is InChI=1S/C14H13BrN4O2/c1-8-4-9(7-17-6-8)14(20)18-12-3-2-10(15)5-11(12)13(16)19-21/h2-7,21H,1H3,(H2,16,19)(H,18,20). The van der Waals surface area contributed by atoms with Gasteiger partial charge in [-0.25, -0.2) is 0 Å². The molecule has 4 N–H and O–H groups in total. The summed E-state index contributed by atoms with van der Waals surface area (Å²) in [6, 6.07) is 6.79. The number of oxime groups is 1. The van der Waals surface area contributed by atoms with Gasteiger partial charge in [-0.1, -0.05) is 21.1 Å². The molecule has 1 heterocycles. The van der Waals surface area contributed by atoms with Crippen LogP contribution in [0.25, 0.3) is 0 Å². The third kappa shape index (κ3) is 3.57. The number of rotatable bonds is 3. The molecule has 2 aromatic rings. The van der Waals surface area contributed by atoms with Gasteiger partial charge >= 0.3 is 0 Å². The zero-order chi connectivity index (χ0) is 15.4. The molecule has 0 bridgehead atoms. The Bertz CT molecular complexity index is 716. The number of hydrogen-bond donors (Lipinski definition) is 3. The van der Waals surface area contributed by atoms with Crippen LogP contribution in [0.2, 0.25) is 0 Å². The van der Waals surface area contributed by atoms with Crippen molar-refractivity contribution in [1.82, 2.24) is 4.98 Å². The Labute approximate surface area is 129 Å². The molecule has 2 rings (SSSR count). The molecule has 108 valence electrons. The summed E-state index contributed by atoms with van der Waals surface area (Å²) in [4.78, 5) is 16.2. The molecule has 6 nitrogen and oxygen atoms in total. The second-order valence-electron chi connectivity index (χ2n) is 4.38. The molecule has 0 spiro atoms. The van der Waals surface area contributed by atoms with Crippen molar-refractivity contribution >= 4 is 33.4 Å². The number of benzene rings is 1.